The van der Waals surface area contributed by atoms with Gasteiger partial charge in [-0.3, -0.25) is 0 Å². The lowest BCUT2D eigenvalue weighted by atomic mass is 10.2. The van der Waals surface area contributed by atoms with Crippen LogP contribution in [0.1, 0.15) is 0 Å². The molecule has 0 radical (unpaired) electrons. The molecule has 64 valence electrons. The van der Waals surface area contributed by atoms with Crippen molar-refractivity contribution in [2.45, 2.75) is 0 Å². The van der Waals surface area contributed by atoms with Crippen LogP contribution in [0.5, 0.6) is 11.5 Å². The second-order valence-corrected chi connectivity index (χ2v) is 2.33. The number of nitrogen functional groups attached to an aromatic ring is 1. The normalized spacial score (nSPS) is 13.5. The molecule has 0 spiro atoms. The monoisotopic (exact) mass is 173 g/mol. The van der Waals surface area contributed by atoms with E-state index in [1.165, 1.54) is 0 Å². The van der Waals surface area contributed by atoms with Gasteiger partial charge in [-0.1, -0.05) is 0 Å². The zero-order valence-electron chi connectivity index (χ0n) is 5.93. The number of anilines is 1. The Morgan fingerprint density at radius 3 is 2.67 bits per heavy atom. The van der Waals surface area contributed by atoms with Crippen LogP contribution in [0.2, 0.25) is 0 Å². The van der Waals surface area contributed by atoms with Crippen molar-refractivity contribution < 1.29 is 18.3 Å². The van der Waals surface area contributed by atoms with E-state index in [9.17, 15) is 8.78 Å². The predicted molar refractivity (Wildman–Crippen MR) is 36.9 cm³/mol. The highest BCUT2D eigenvalue weighted by Gasteiger charge is 2.24. The number of benzene rings is 1. The molecule has 0 fully saturated rings. The van der Waals surface area contributed by atoms with Crippen molar-refractivity contribution >= 4 is 5.69 Å². The van der Waals surface area contributed by atoms with Crippen molar-refractivity contribution in [3.8, 4) is 11.5 Å². The summed E-state index contributed by atoms with van der Waals surface area (Å²) in [5, 5.41) is 0. The molecule has 2 rings (SSSR count). The highest BCUT2D eigenvalue weighted by Crippen LogP contribution is 2.39. The molecule has 0 bridgehead atoms. The molecule has 1 heterocycles. The van der Waals surface area contributed by atoms with E-state index in [-0.39, 0.29) is 24.0 Å². The van der Waals surface area contributed by atoms with Gasteiger partial charge < -0.3 is 15.2 Å². The third-order valence-corrected chi connectivity index (χ3v) is 1.56. The Bertz CT molecular complexity index is 341. The number of halogens is 2. The summed E-state index contributed by atoms with van der Waals surface area (Å²) in [6.45, 7) is -0.174. The predicted octanol–water partition coefficient (Wildman–Crippen LogP) is 1.28. The summed E-state index contributed by atoms with van der Waals surface area (Å²) in [6, 6.07) is 0.864. The molecule has 12 heavy (non-hydrogen) atoms. The average Bonchev–Trinajstić information content (AvgIpc) is 2.48. The number of nitrogens with two attached hydrogens (primary N) is 1. The van der Waals surface area contributed by atoms with Crippen LogP contribution in [0.15, 0.2) is 6.07 Å². The quantitative estimate of drug-likeness (QED) is 0.601. The maximum atomic E-state index is 13.0. The fraction of sp³-hybridized carbons (Fsp3) is 0.143. The smallest absolute Gasteiger partial charge is 0.231 e. The molecule has 5 heteroatoms. The zero-order valence-corrected chi connectivity index (χ0v) is 5.93. The van der Waals surface area contributed by atoms with Gasteiger partial charge in [0.25, 0.3) is 0 Å². The van der Waals surface area contributed by atoms with Gasteiger partial charge in [-0.05, 0) is 0 Å². The maximum Gasteiger partial charge on any atom is 0.231 e. The van der Waals surface area contributed by atoms with Gasteiger partial charge in [0.15, 0.2) is 11.6 Å². The minimum absolute atomic E-state index is 0.174. The van der Waals surface area contributed by atoms with E-state index in [2.05, 4.69) is 9.47 Å². The van der Waals surface area contributed by atoms with Gasteiger partial charge >= 0.3 is 0 Å². The van der Waals surface area contributed by atoms with Crippen molar-refractivity contribution in [1.82, 2.24) is 0 Å². The first-order chi connectivity index (χ1) is 5.70. The topological polar surface area (TPSA) is 44.5 Å². The van der Waals surface area contributed by atoms with Crippen LogP contribution in [-0.4, -0.2) is 6.79 Å². The highest BCUT2D eigenvalue weighted by atomic mass is 19.1. The first-order valence-corrected chi connectivity index (χ1v) is 3.23. The summed E-state index contributed by atoms with van der Waals surface area (Å²) >= 11 is 0. The standard InChI is InChI=1S/C7H5F2NO2/c8-3-1-4(10)5(9)7-6(3)11-2-12-7/h1H,2,10H2. The van der Waals surface area contributed by atoms with E-state index in [0.717, 1.165) is 6.07 Å². The van der Waals surface area contributed by atoms with Crippen LogP contribution < -0.4 is 15.2 Å². The van der Waals surface area contributed by atoms with Crippen molar-refractivity contribution in [3.63, 3.8) is 0 Å². The molecule has 0 atom stereocenters. The lowest BCUT2D eigenvalue weighted by molar-refractivity contribution is 0.168. The van der Waals surface area contributed by atoms with Crippen LogP contribution in [0.4, 0.5) is 14.5 Å². The molecule has 0 aromatic heterocycles. The van der Waals surface area contributed by atoms with Crippen LogP contribution >= 0.6 is 0 Å². The van der Waals surface area contributed by atoms with Gasteiger partial charge in [-0.25, -0.2) is 8.78 Å². The molecule has 1 aliphatic rings. The second-order valence-electron chi connectivity index (χ2n) is 2.33. The van der Waals surface area contributed by atoms with E-state index in [0.29, 0.717) is 0 Å². The first-order valence-electron chi connectivity index (χ1n) is 3.23. The molecule has 3 nitrogen and oxygen atoms in total. The van der Waals surface area contributed by atoms with Crippen LogP contribution in [-0.2, 0) is 0 Å². The molecule has 1 aromatic rings. The van der Waals surface area contributed by atoms with E-state index in [1.54, 1.807) is 0 Å². The minimum Gasteiger partial charge on any atom is -0.450 e. The first kappa shape index (κ1) is 7.15. The fourth-order valence-corrected chi connectivity index (χ4v) is 1.02. The van der Waals surface area contributed by atoms with Gasteiger partial charge in [0.05, 0.1) is 5.69 Å². The van der Waals surface area contributed by atoms with Crippen LogP contribution in [0.25, 0.3) is 0 Å². The Morgan fingerprint density at radius 2 is 1.92 bits per heavy atom. The van der Waals surface area contributed by atoms with E-state index in [1.807, 2.05) is 0 Å². The molecule has 0 unspecified atom stereocenters. The number of fused-ring (bicyclic) bond motifs is 1. The van der Waals surface area contributed by atoms with Crippen LogP contribution in [0.3, 0.4) is 0 Å². The van der Waals surface area contributed by atoms with E-state index < -0.39 is 11.6 Å². The molecule has 2 N–H and O–H groups in total. The number of ether oxygens (including phenoxy) is 2. The Labute approximate surface area is 66.7 Å². The SMILES string of the molecule is Nc1cc(F)c2c(c1F)OCO2. The summed E-state index contributed by atoms with van der Waals surface area (Å²) in [6.07, 6.45) is 0. The Balaban J connectivity index is 2.69. The van der Waals surface area contributed by atoms with Gasteiger partial charge in [0.1, 0.15) is 0 Å². The zero-order chi connectivity index (χ0) is 8.72. The van der Waals surface area contributed by atoms with E-state index in [4.69, 9.17) is 5.73 Å². The lowest BCUT2D eigenvalue weighted by Gasteiger charge is -2.01. The number of hydrogen-bond acceptors (Lipinski definition) is 3. The summed E-state index contributed by atoms with van der Waals surface area (Å²) in [5.74, 6) is -1.93. The number of hydrogen-bond donors (Lipinski definition) is 1. The molecular formula is C7H5F2NO2. The van der Waals surface area contributed by atoms with Gasteiger partial charge in [-0.15, -0.1) is 0 Å². The summed E-state index contributed by atoms with van der Waals surface area (Å²) in [7, 11) is 0. The van der Waals surface area contributed by atoms with Gasteiger partial charge in [-0.2, -0.15) is 0 Å². The van der Waals surface area contributed by atoms with Crippen molar-refractivity contribution in [1.29, 1.82) is 0 Å². The highest BCUT2D eigenvalue weighted by molar-refractivity contribution is 5.55. The molecular weight excluding hydrogens is 168 g/mol. The number of rotatable bonds is 0. The average molecular weight is 173 g/mol. The Morgan fingerprint density at radius 1 is 1.25 bits per heavy atom. The third-order valence-electron chi connectivity index (χ3n) is 1.56. The maximum absolute atomic E-state index is 13.0. The lowest BCUT2D eigenvalue weighted by Crippen LogP contribution is -1.94. The second kappa shape index (κ2) is 2.23. The van der Waals surface area contributed by atoms with Crippen molar-refractivity contribution in [2.24, 2.45) is 0 Å². The summed E-state index contributed by atoms with van der Waals surface area (Å²) in [5.41, 5.74) is 4.86. The van der Waals surface area contributed by atoms with Crippen LogP contribution in [0, 0.1) is 11.6 Å². The summed E-state index contributed by atoms with van der Waals surface area (Å²) in [4.78, 5) is 0. The molecule has 1 aliphatic heterocycles. The minimum atomic E-state index is -0.774. The van der Waals surface area contributed by atoms with E-state index >= 15 is 0 Å². The Kier molecular flexibility index (Phi) is 1.33. The molecule has 0 amide bonds. The molecule has 1 aromatic carbocycles. The Hall–Kier alpha value is -1.52. The van der Waals surface area contributed by atoms with Crippen molar-refractivity contribution in [3.05, 3.63) is 17.7 Å². The fourth-order valence-electron chi connectivity index (χ4n) is 1.02. The third kappa shape index (κ3) is 0.792. The van der Waals surface area contributed by atoms with Gasteiger partial charge in [0.2, 0.25) is 18.3 Å². The summed E-state index contributed by atoms with van der Waals surface area (Å²) < 4.78 is 35.2. The van der Waals surface area contributed by atoms with Crippen molar-refractivity contribution in [2.75, 3.05) is 12.5 Å². The molecule has 0 saturated heterocycles. The van der Waals surface area contributed by atoms with Gasteiger partial charge in [0, 0.05) is 6.07 Å². The molecule has 0 saturated carbocycles. The largest absolute Gasteiger partial charge is 0.450 e. The molecule has 0 aliphatic carbocycles.